The summed E-state index contributed by atoms with van der Waals surface area (Å²) in [5.41, 5.74) is 2.48. The Labute approximate surface area is 139 Å². The summed E-state index contributed by atoms with van der Waals surface area (Å²) in [6.45, 7) is 1.60. The summed E-state index contributed by atoms with van der Waals surface area (Å²) in [7, 11) is -1.86. The first-order valence-electron chi connectivity index (χ1n) is 7.25. The molecule has 2 aromatic carbocycles. The number of nitrogens with zero attached hydrogens (tertiary/aromatic N) is 1. The van der Waals surface area contributed by atoms with Crippen molar-refractivity contribution < 1.29 is 13.2 Å². The summed E-state index contributed by atoms with van der Waals surface area (Å²) in [6.07, 6.45) is 1.95. The molecule has 0 radical (unpaired) electrons. The van der Waals surface area contributed by atoms with Gasteiger partial charge in [0.2, 0.25) is 10.0 Å². The van der Waals surface area contributed by atoms with Crippen molar-refractivity contribution in [3.63, 3.8) is 0 Å². The highest BCUT2D eigenvalue weighted by atomic mass is 32.2. The highest BCUT2D eigenvalue weighted by Gasteiger charge is 2.14. The molecule has 0 saturated carbocycles. The van der Waals surface area contributed by atoms with Crippen LogP contribution in [0.4, 0.5) is 5.69 Å². The van der Waals surface area contributed by atoms with Crippen molar-refractivity contribution in [2.24, 2.45) is 12.2 Å². The molecule has 0 aliphatic rings. The van der Waals surface area contributed by atoms with Gasteiger partial charge in [0.25, 0.3) is 5.91 Å². The van der Waals surface area contributed by atoms with E-state index in [1.165, 1.54) is 18.2 Å². The lowest BCUT2D eigenvalue weighted by atomic mass is 10.1. The first kappa shape index (κ1) is 16.2. The van der Waals surface area contributed by atoms with Gasteiger partial charge in [-0.1, -0.05) is 6.07 Å². The van der Waals surface area contributed by atoms with E-state index in [9.17, 15) is 13.2 Å². The van der Waals surface area contributed by atoms with E-state index in [2.05, 4.69) is 5.32 Å². The van der Waals surface area contributed by atoms with Gasteiger partial charge in [-0.25, -0.2) is 13.6 Å². The van der Waals surface area contributed by atoms with Crippen molar-refractivity contribution in [3.8, 4) is 0 Å². The van der Waals surface area contributed by atoms with E-state index in [0.29, 0.717) is 16.8 Å². The van der Waals surface area contributed by atoms with Crippen molar-refractivity contribution in [3.05, 3.63) is 59.8 Å². The van der Waals surface area contributed by atoms with Crippen LogP contribution in [0, 0.1) is 6.92 Å². The van der Waals surface area contributed by atoms with Crippen LogP contribution in [0.2, 0.25) is 0 Å². The molecular weight excluding hydrogens is 326 g/mol. The number of primary sulfonamides is 1. The van der Waals surface area contributed by atoms with Gasteiger partial charge in [-0.3, -0.25) is 4.79 Å². The molecule has 0 saturated heterocycles. The van der Waals surface area contributed by atoms with Gasteiger partial charge >= 0.3 is 0 Å². The lowest BCUT2D eigenvalue weighted by Crippen LogP contribution is -2.16. The van der Waals surface area contributed by atoms with Crippen LogP contribution in [-0.4, -0.2) is 18.9 Å². The van der Waals surface area contributed by atoms with Crippen LogP contribution in [-0.2, 0) is 17.1 Å². The fourth-order valence-electron chi connectivity index (χ4n) is 2.65. The van der Waals surface area contributed by atoms with E-state index in [1.807, 2.05) is 42.1 Å². The van der Waals surface area contributed by atoms with Gasteiger partial charge in [0.05, 0.1) is 4.90 Å². The Morgan fingerprint density at radius 1 is 1.12 bits per heavy atom. The predicted octanol–water partition coefficient (Wildman–Crippen LogP) is 2.39. The first-order valence-corrected chi connectivity index (χ1v) is 8.80. The number of aromatic nitrogens is 1. The standard InChI is InChI=1S/C17H17N3O3S/c1-11-9-13(4-6-16(11)24(18,22)23)17(21)19-14-5-3-12-7-8-20(2)15(12)10-14/h3-10H,1-2H3,(H,19,21)(H2,18,22,23). The van der Waals surface area contributed by atoms with Crippen molar-refractivity contribution >= 4 is 32.5 Å². The summed E-state index contributed by atoms with van der Waals surface area (Å²) in [5.74, 6) is -0.312. The first-order chi connectivity index (χ1) is 11.3. The minimum absolute atomic E-state index is 0.0179. The van der Waals surface area contributed by atoms with Gasteiger partial charge < -0.3 is 9.88 Å². The van der Waals surface area contributed by atoms with Crippen molar-refractivity contribution in [1.82, 2.24) is 4.57 Å². The maximum absolute atomic E-state index is 12.4. The molecule has 0 unspecified atom stereocenters. The van der Waals surface area contributed by atoms with Crippen molar-refractivity contribution in [2.45, 2.75) is 11.8 Å². The molecule has 124 valence electrons. The fraction of sp³-hybridized carbons (Fsp3) is 0.118. The molecule has 0 aliphatic carbocycles. The van der Waals surface area contributed by atoms with E-state index in [1.54, 1.807) is 6.92 Å². The SMILES string of the molecule is Cc1cc(C(=O)Nc2ccc3ccn(C)c3c2)ccc1S(N)(=O)=O. The topological polar surface area (TPSA) is 94.2 Å². The van der Waals surface area contributed by atoms with Crippen molar-refractivity contribution in [1.29, 1.82) is 0 Å². The molecule has 1 amide bonds. The predicted molar refractivity (Wildman–Crippen MR) is 93.4 cm³/mol. The van der Waals surface area contributed by atoms with Gasteiger partial charge in [0.15, 0.2) is 0 Å². The van der Waals surface area contributed by atoms with E-state index in [4.69, 9.17) is 5.14 Å². The Balaban J connectivity index is 1.88. The van der Waals surface area contributed by atoms with Gasteiger partial charge in [0.1, 0.15) is 0 Å². The Kier molecular flexibility index (Phi) is 3.90. The second-order valence-electron chi connectivity index (χ2n) is 5.68. The van der Waals surface area contributed by atoms with Crippen LogP contribution < -0.4 is 10.5 Å². The molecule has 3 rings (SSSR count). The molecule has 0 spiro atoms. The molecule has 3 N–H and O–H groups in total. The second kappa shape index (κ2) is 5.77. The Morgan fingerprint density at radius 3 is 2.54 bits per heavy atom. The van der Waals surface area contributed by atoms with E-state index >= 15 is 0 Å². The largest absolute Gasteiger partial charge is 0.350 e. The van der Waals surface area contributed by atoms with Crippen LogP contribution in [0.15, 0.2) is 53.6 Å². The number of anilines is 1. The Morgan fingerprint density at radius 2 is 1.88 bits per heavy atom. The van der Waals surface area contributed by atoms with Crippen LogP contribution >= 0.6 is 0 Å². The zero-order valence-electron chi connectivity index (χ0n) is 13.3. The van der Waals surface area contributed by atoms with Gasteiger partial charge in [-0.15, -0.1) is 0 Å². The van der Waals surface area contributed by atoms with E-state index in [-0.39, 0.29) is 10.8 Å². The average molecular weight is 343 g/mol. The zero-order chi connectivity index (χ0) is 17.5. The monoisotopic (exact) mass is 343 g/mol. The highest BCUT2D eigenvalue weighted by molar-refractivity contribution is 7.89. The molecule has 3 aromatic rings. The third-order valence-corrected chi connectivity index (χ3v) is 4.96. The summed E-state index contributed by atoms with van der Waals surface area (Å²) >= 11 is 0. The third kappa shape index (κ3) is 3.04. The number of aryl methyl sites for hydroxylation is 2. The van der Waals surface area contributed by atoms with Gasteiger partial charge in [-0.05, 0) is 54.3 Å². The summed E-state index contributed by atoms with van der Waals surface area (Å²) in [5, 5.41) is 9.04. The normalized spacial score (nSPS) is 11.6. The second-order valence-corrected chi connectivity index (χ2v) is 7.21. The van der Waals surface area contributed by atoms with Crippen LogP contribution in [0.1, 0.15) is 15.9 Å². The van der Waals surface area contributed by atoms with E-state index < -0.39 is 10.0 Å². The number of rotatable bonds is 3. The summed E-state index contributed by atoms with van der Waals surface area (Å²) in [4.78, 5) is 12.4. The molecule has 6 nitrogen and oxygen atoms in total. The van der Waals surface area contributed by atoms with Crippen molar-refractivity contribution in [2.75, 3.05) is 5.32 Å². The van der Waals surface area contributed by atoms with Gasteiger partial charge in [-0.2, -0.15) is 0 Å². The number of benzene rings is 2. The molecule has 1 aromatic heterocycles. The quantitative estimate of drug-likeness (QED) is 0.764. The minimum Gasteiger partial charge on any atom is -0.350 e. The Bertz CT molecular complexity index is 1050. The molecule has 0 atom stereocenters. The van der Waals surface area contributed by atoms with E-state index in [0.717, 1.165) is 10.9 Å². The summed E-state index contributed by atoms with van der Waals surface area (Å²) in [6, 6.07) is 11.9. The van der Waals surface area contributed by atoms with Gasteiger partial charge in [0, 0.05) is 30.0 Å². The molecule has 0 bridgehead atoms. The molecule has 1 heterocycles. The maximum Gasteiger partial charge on any atom is 0.255 e. The number of amides is 1. The smallest absolute Gasteiger partial charge is 0.255 e. The zero-order valence-corrected chi connectivity index (χ0v) is 14.1. The van der Waals surface area contributed by atoms with Crippen LogP contribution in [0.25, 0.3) is 10.9 Å². The maximum atomic E-state index is 12.4. The third-order valence-electron chi connectivity index (χ3n) is 3.89. The number of carbonyl (C=O) groups is 1. The number of nitrogens with two attached hydrogens (primary N) is 1. The summed E-state index contributed by atoms with van der Waals surface area (Å²) < 4.78 is 24.8. The minimum atomic E-state index is -3.79. The van der Waals surface area contributed by atoms with Crippen LogP contribution in [0.5, 0.6) is 0 Å². The molecular formula is C17H17N3O3S. The lowest BCUT2D eigenvalue weighted by molar-refractivity contribution is 0.102. The lowest BCUT2D eigenvalue weighted by Gasteiger charge is -2.09. The fourth-order valence-corrected chi connectivity index (χ4v) is 3.42. The van der Waals surface area contributed by atoms with Crippen LogP contribution in [0.3, 0.4) is 0 Å². The molecule has 0 fully saturated rings. The molecule has 24 heavy (non-hydrogen) atoms. The molecule has 0 aliphatic heterocycles. The number of nitrogens with one attached hydrogen (secondary N) is 1. The number of sulfonamides is 1. The average Bonchev–Trinajstić information content (AvgIpc) is 2.87. The number of carbonyl (C=O) groups excluding carboxylic acids is 1. The number of hydrogen-bond acceptors (Lipinski definition) is 3. The number of fused-ring (bicyclic) bond motifs is 1. The molecule has 7 heteroatoms. The Hall–Kier alpha value is -2.64. The highest BCUT2D eigenvalue weighted by Crippen LogP contribution is 2.21. The number of hydrogen-bond donors (Lipinski definition) is 2.